The van der Waals surface area contributed by atoms with E-state index in [9.17, 15) is 14.7 Å². The Morgan fingerprint density at radius 2 is 1.89 bits per heavy atom. The number of nitrogens with two attached hydrogens (primary N) is 1. The highest BCUT2D eigenvalue weighted by Crippen LogP contribution is 2.23. The Bertz CT molecular complexity index is 1300. The van der Waals surface area contributed by atoms with Crippen molar-refractivity contribution >= 4 is 28.4 Å². The highest BCUT2D eigenvalue weighted by molar-refractivity contribution is 5.93. The molecule has 4 rings (SSSR count). The van der Waals surface area contributed by atoms with E-state index < -0.39 is 5.91 Å². The summed E-state index contributed by atoms with van der Waals surface area (Å²) >= 11 is 0. The Kier molecular flexibility index (Phi) is 8.52. The number of aromatic nitrogens is 3. The summed E-state index contributed by atoms with van der Waals surface area (Å²) < 4.78 is 3.82. The molecule has 0 aliphatic carbocycles. The molecule has 8 nitrogen and oxygen atoms in total. The topological polar surface area (TPSA) is 115 Å². The monoisotopic (exact) mass is 487 g/mol. The third kappa shape index (κ3) is 6.60. The third-order valence-corrected chi connectivity index (χ3v) is 6.46. The van der Waals surface area contributed by atoms with Crippen LogP contribution in [0.1, 0.15) is 54.2 Å². The predicted molar refractivity (Wildman–Crippen MR) is 141 cm³/mol. The lowest BCUT2D eigenvalue weighted by Gasteiger charge is -2.16. The second-order valence-electron chi connectivity index (χ2n) is 9.07. The normalized spacial score (nSPS) is 12.0. The number of imidazole rings is 1. The molecule has 2 aromatic carbocycles. The van der Waals surface area contributed by atoms with Crippen LogP contribution in [0.4, 0.5) is 5.69 Å². The number of nitrogens with zero attached hydrogens (tertiary/aromatic N) is 3. The molecule has 0 bridgehead atoms. The average molecular weight is 488 g/mol. The zero-order valence-electron chi connectivity index (χ0n) is 20.3. The zero-order chi connectivity index (χ0) is 25.3. The number of anilines is 1. The quantitative estimate of drug-likeness (QED) is 0.244. The van der Waals surface area contributed by atoms with E-state index in [-0.39, 0.29) is 24.2 Å². The second kappa shape index (κ2) is 12.2. The lowest BCUT2D eigenvalue weighted by molar-refractivity contribution is -0.116. The first-order valence-electron chi connectivity index (χ1n) is 12.4. The molecule has 0 aliphatic rings. The summed E-state index contributed by atoms with van der Waals surface area (Å²) in [4.78, 5) is 27.8. The van der Waals surface area contributed by atoms with Crippen LogP contribution in [0.5, 0.6) is 0 Å². The molecule has 0 saturated carbocycles. The predicted octanol–water partition coefficient (Wildman–Crippen LogP) is 4.30. The molecule has 8 heteroatoms. The number of aliphatic hydroxyl groups is 1. The van der Waals surface area contributed by atoms with Gasteiger partial charge in [0.15, 0.2) is 0 Å². The highest BCUT2D eigenvalue weighted by atomic mass is 16.3. The third-order valence-electron chi connectivity index (χ3n) is 6.46. The van der Waals surface area contributed by atoms with Crippen molar-refractivity contribution in [2.75, 3.05) is 11.9 Å². The number of benzene rings is 2. The number of fused-ring (bicyclic) bond motifs is 1. The molecule has 0 fully saturated rings. The second-order valence-corrected chi connectivity index (χ2v) is 9.07. The molecule has 0 saturated heterocycles. The van der Waals surface area contributed by atoms with Crippen molar-refractivity contribution in [2.24, 2.45) is 5.73 Å². The molecule has 2 heterocycles. The van der Waals surface area contributed by atoms with Gasteiger partial charge in [0.25, 0.3) is 5.91 Å². The fourth-order valence-electron chi connectivity index (χ4n) is 4.40. The van der Waals surface area contributed by atoms with Gasteiger partial charge in [-0.1, -0.05) is 42.8 Å². The molecule has 36 heavy (non-hydrogen) atoms. The van der Waals surface area contributed by atoms with Gasteiger partial charge in [0.2, 0.25) is 5.91 Å². The van der Waals surface area contributed by atoms with Crippen molar-refractivity contribution in [3.05, 3.63) is 84.6 Å². The van der Waals surface area contributed by atoms with Crippen molar-refractivity contribution in [3.63, 3.8) is 0 Å². The van der Waals surface area contributed by atoms with Crippen LogP contribution in [0, 0.1) is 0 Å². The number of primary amides is 1. The van der Waals surface area contributed by atoms with Crippen molar-refractivity contribution < 1.29 is 14.7 Å². The number of rotatable bonds is 13. The Morgan fingerprint density at radius 1 is 1.06 bits per heavy atom. The molecule has 0 spiro atoms. The fraction of sp³-hybridized carbons (Fsp3) is 0.321. The number of unbranched alkanes of at least 4 members (excludes halogenated alkanes) is 2. The number of nitrogens with one attached hydrogen (secondary N) is 1. The van der Waals surface area contributed by atoms with Crippen molar-refractivity contribution in [1.82, 2.24) is 14.1 Å². The molecular weight excluding hydrogens is 454 g/mol. The van der Waals surface area contributed by atoms with E-state index in [1.165, 1.54) is 11.9 Å². The summed E-state index contributed by atoms with van der Waals surface area (Å²) in [5, 5.41) is 14.0. The Labute approximate surface area is 210 Å². The standard InChI is InChI=1S/C28H33N5O3/c29-28(36)25-18-33(20-30-25)24(19-34)14-16-32-15-13-22-11-12-23(17-26(22)32)31-27(35)10-6-2-5-9-21-7-3-1-4-8-21/h1,3-4,7-8,11-13,15,17-18,20,24,34H,2,5-6,9-10,14,16,19H2,(H2,29,36)(H,31,35)/t24-/m0/s1. The van der Waals surface area contributed by atoms with Gasteiger partial charge < -0.3 is 25.3 Å². The van der Waals surface area contributed by atoms with Gasteiger partial charge in [-0.05, 0) is 54.8 Å². The van der Waals surface area contributed by atoms with Gasteiger partial charge in [0.1, 0.15) is 5.69 Å². The first-order valence-corrected chi connectivity index (χ1v) is 12.4. The van der Waals surface area contributed by atoms with Gasteiger partial charge in [0.05, 0.1) is 24.5 Å². The number of hydrogen-bond donors (Lipinski definition) is 3. The summed E-state index contributed by atoms with van der Waals surface area (Å²) in [6, 6.07) is 18.1. The van der Waals surface area contributed by atoms with Gasteiger partial charge in [-0.15, -0.1) is 0 Å². The van der Waals surface area contributed by atoms with E-state index in [1.54, 1.807) is 10.8 Å². The Morgan fingerprint density at radius 3 is 2.64 bits per heavy atom. The first-order chi connectivity index (χ1) is 17.5. The van der Waals surface area contributed by atoms with Crippen molar-refractivity contribution in [3.8, 4) is 0 Å². The van der Waals surface area contributed by atoms with Gasteiger partial charge in [-0.3, -0.25) is 9.59 Å². The maximum Gasteiger partial charge on any atom is 0.268 e. The SMILES string of the molecule is NC(=O)c1cn([C@H](CO)CCn2ccc3ccc(NC(=O)CCCCCc4ccccc4)cc32)cn1. The average Bonchev–Trinajstić information content (AvgIpc) is 3.53. The van der Waals surface area contributed by atoms with Gasteiger partial charge in [0, 0.05) is 31.0 Å². The Hall–Kier alpha value is -3.91. The number of aliphatic hydroxyl groups excluding tert-OH is 1. The van der Waals surface area contributed by atoms with Crippen LogP contribution >= 0.6 is 0 Å². The minimum Gasteiger partial charge on any atom is -0.394 e. The molecule has 4 N–H and O–H groups in total. The number of carbonyl (C=O) groups excluding carboxylic acids is 2. The van der Waals surface area contributed by atoms with Gasteiger partial charge in [-0.2, -0.15) is 0 Å². The van der Waals surface area contributed by atoms with Crippen LogP contribution in [0.2, 0.25) is 0 Å². The Balaban J connectivity index is 1.29. The van der Waals surface area contributed by atoms with E-state index in [2.05, 4.69) is 39.1 Å². The lowest BCUT2D eigenvalue weighted by atomic mass is 10.1. The minimum absolute atomic E-state index is 0.0258. The smallest absolute Gasteiger partial charge is 0.268 e. The van der Waals surface area contributed by atoms with Crippen LogP contribution < -0.4 is 11.1 Å². The van der Waals surface area contributed by atoms with E-state index >= 15 is 0 Å². The van der Waals surface area contributed by atoms with Gasteiger partial charge >= 0.3 is 0 Å². The summed E-state index contributed by atoms with van der Waals surface area (Å²) in [7, 11) is 0. The first kappa shape index (κ1) is 25.2. The van der Waals surface area contributed by atoms with Gasteiger partial charge in [-0.25, -0.2) is 4.98 Å². The van der Waals surface area contributed by atoms with E-state index in [0.29, 0.717) is 19.4 Å². The summed E-state index contributed by atoms with van der Waals surface area (Å²) in [6.07, 6.45) is 10.2. The number of carbonyl (C=O) groups is 2. The molecule has 188 valence electrons. The zero-order valence-corrected chi connectivity index (χ0v) is 20.3. The summed E-state index contributed by atoms with van der Waals surface area (Å²) in [5.41, 5.74) is 8.58. The number of hydrogen-bond acceptors (Lipinski definition) is 4. The molecule has 2 amide bonds. The van der Waals surface area contributed by atoms with E-state index in [1.807, 2.05) is 36.5 Å². The molecule has 1 atom stereocenters. The summed E-state index contributed by atoms with van der Waals surface area (Å²) in [5.74, 6) is -0.568. The van der Waals surface area contributed by atoms with Crippen LogP contribution in [0.15, 0.2) is 73.3 Å². The highest BCUT2D eigenvalue weighted by Gasteiger charge is 2.14. The minimum atomic E-state index is -0.594. The molecular formula is C28H33N5O3. The largest absolute Gasteiger partial charge is 0.394 e. The lowest BCUT2D eigenvalue weighted by Crippen LogP contribution is -2.15. The van der Waals surface area contributed by atoms with Crippen LogP contribution in [-0.2, 0) is 17.8 Å². The number of aryl methyl sites for hydroxylation is 2. The molecule has 4 aromatic rings. The maximum atomic E-state index is 12.5. The van der Waals surface area contributed by atoms with Crippen LogP contribution in [0.3, 0.4) is 0 Å². The van der Waals surface area contributed by atoms with Crippen molar-refractivity contribution in [1.29, 1.82) is 0 Å². The van der Waals surface area contributed by atoms with E-state index in [4.69, 9.17) is 5.73 Å². The van der Waals surface area contributed by atoms with Crippen LogP contribution in [0.25, 0.3) is 10.9 Å². The molecule has 2 aromatic heterocycles. The summed E-state index contributed by atoms with van der Waals surface area (Å²) in [6.45, 7) is 0.568. The number of amides is 2. The molecule has 0 unspecified atom stereocenters. The molecule has 0 aliphatic heterocycles. The maximum absolute atomic E-state index is 12.5. The molecule has 0 radical (unpaired) electrons. The fourth-order valence-corrected chi connectivity index (χ4v) is 4.40. The van der Waals surface area contributed by atoms with E-state index in [0.717, 1.165) is 42.3 Å². The van der Waals surface area contributed by atoms with Crippen LogP contribution in [-0.4, -0.2) is 37.6 Å². The van der Waals surface area contributed by atoms with Crippen molar-refractivity contribution in [2.45, 2.75) is 51.1 Å².